The summed E-state index contributed by atoms with van der Waals surface area (Å²) in [6.45, 7) is 5.79. The van der Waals surface area contributed by atoms with Crippen LogP contribution in [0.4, 0.5) is 0 Å². The first-order valence-electron chi connectivity index (χ1n) is 4.39. The second-order valence-corrected chi connectivity index (χ2v) is 4.66. The van der Waals surface area contributed by atoms with Gasteiger partial charge < -0.3 is 4.55 Å². The van der Waals surface area contributed by atoms with E-state index in [1.165, 1.54) is 0 Å². The zero-order chi connectivity index (χ0) is 9.14. The Labute approximate surface area is 76.3 Å². The topological polar surface area (TPSA) is 37.3 Å². The van der Waals surface area contributed by atoms with Crippen molar-refractivity contribution in [3.8, 4) is 0 Å². The largest absolute Gasteiger partial charge is 0.306 e. The summed E-state index contributed by atoms with van der Waals surface area (Å²) in [5, 5.41) is -0.0400. The first-order valence-corrected chi connectivity index (χ1v) is 5.56. The molecule has 2 nitrogen and oxygen atoms in total. The Morgan fingerprint density at radius 1 is 1.58 bits per heavy atom. The van der Waals surface area contributed by atoms with Gasteiger partial charge in [0, 0.05) is 0 Å². The van der Waals surface area contributed by atoms with Gasteiger partial charge in [-0.05, 0) is 24.7 Å². The van der Waals surface area contributed by atoms with Gasteiger partial charge in [0.15, 0.2) is 11.1 Å². The average Bonchev–Trinajstić information content (AvgIpc) is 2.04. The van der Waals surface area contributed by atoms with E-state index in [9.17, 15) is 4.21 Å². The SMILES string of the molecule is C=C[C@H]1CCC[C@H](S(=O)O)[C@H]1C. The fourth-order valence-electron chi connectivity index (χ4n) is 1.97. The second-order valence-electron chi connectivity index (χ2n) is 3.50. The summed E-state index contributed by atoms with van der Waals surface area (Å²) in [5.74, 6) is 0.738. The third-order valence-corrected chi connectivity index (χ3v) is 4.03. The molecule has 12 heavy (non-hydrogen) atoms. The monoisotopic (exact) mass is 188 g/mol. The van der Waals surface area contributed by atoms with Gasteiger partial charge in [-0.2, -0.15) is 0 Å². The van der Waals surface area contributed by atoms with Crippen LogP contribution in [0.3, 0.4) is 0 Å². The van der Waals surface area contributed by atoms with Gasteiger partial charge in [-0.25, -0.2) is 4.21 Å². The van der Waals surface area contributed by atoms with Crippen molar-refractivity contribution >= 4 is 11.1 Å². The van der Waals surface area contributed by atoms with E-state index in [2.05, 4.69) is 6.58 Å². The summed E-state index contributed by atoms with van der Waals surface area (Å²) in [6, 6.07) is 0. The molecule has 1 aliphatic rings. The van der Waals surface area contributed by atoms with Crippen LogP contribution in [0.5, 0.6) is 0 Å². The van der Waals surface area contributed by atoms with Crippen molar-refractivity contribution < 1.29 is 8.76 Å². The van der Waals surface area contributed by atoms with E-state index in [1.54, 1.807) is 0 Å². The zero-order valence-corrected chi connectivity index (χ0v) is 8.22. The lowest BCUT2D eigenvalue weighted by Gasteiger charge is -2.31. The molecule has 1 rings (SSSR count). The predicted octanol–water partition coefficient (Wildman–Crippen LogP) is 2.20. The molecule has 0 bridgehead atoms. The third kappa shape index (κ3) is 1.96. The van der Waals surface area contributed by atoms with Crippen LogP contribution in [-0.2, 0) is 11.1 Å². The molecule has 0 saturated heterocycles. The lowest BCUT2D eigenvalue weighted by Crippen LogP contribution is -2.32. The minimum atomic E-state index is -1.65. The van der Waals surface area contributed by atoms with Crippen LogP contribution < -0.4 is 0 Å². The van der Waals surface area contributed by atoms with E-state index in [0.29, 0.717) is 11.8 Å². The highest BCUT2D eigenvalue weighted by molar-refractivity contribution is 7.79. The van der Waals surface area contributed by atoms with Gasteiger partial charge in [0.2, 0.25) is 0 Å². The minimum absolute atomic E-state index is 0.0400. The first-order chi connectivity index (χ1) is 5.66. The molecule has 0 aromatic heterocycles. The Morgan fingerprint density at radius 2 is 2.25 bits per heavy atom. The summed E-state index contributed by atoms with van der Waals surface area (Å²) < 4.78 is 19.9. The normalized spacial score (nSPS) is 39.0. The molecule has 0 aliphatic heterocycles. The predicted molar refractivity (Wildman–Crippen MR) is 51.3 cm³/mol. The maximum Gasteiger partial charge on any atom is 0.156 e. The molecule has 3 heteroatoms. The highest BCUT2D eigenvalue weighted by Gasteiger charge is 2.31. The standard InChI is InChI=1S/C9H16O2S/c1-3-8-5-4-6-9(7(8)2)12(10)11/h3,7-9H,1,4-6H2,2H3,(H,10,11)/t7-,8-,9-/m0/s1. The van der Waals surface area contributed by atoms with E-state index >= 15 is 0 Å². The van der Waals surface area contributed by atoms with Crippen LogP contribution >= 0.6 is 0 Å². The van der Waals surface area contributed by atoms with Gasteiger partial charge in [0.25, 0.3) is 0 Å². The lowest BCUT2D eigenvalue weighted by atomic mass is 9.80. The van der Waals surface area contributed by atoms with Gasteiger partial charge in [-0.1, -0.05) is 19.4 Å². The average molecular weight is 188 g/mol. The molecule has 1 unspecified atom stereocenters. The van der Waals surface area contributed by atoms with E-state index in [0.717, 1.165) is 19.3 Å². The quantitative estimate of drug-likeness (QED) is 0.533. The van der Waals surface area contributed by atoms with Gasteiger partial charge in [-0.3, -0.25) is 0 Å². The van der Waals surface area contributed by atoms with E-state index in [-0.39, 0.29) is 5.25 Å². The molecular weight excluding hydrogens is 172 g/mol. The molecule has 0 amide bonds. The van der Waals surface area contributed by atoms with Crippen LogP contribution in [0.1, 0.15) is 26.2 Å². The molecule has 4 atom stereocenters. The van der Waals surface area contributed by atoms with E-state index < -0.39 is 11.1 Å². The van der Waals surface area contributed by atoms with Crippen molar-refractivity contribution in [3.63, 3.8) is 0 Å². The first kappa shape index (κ1) is 9.93. The third-order valence-electron chi connectivity index (χ3n) is 2.85. The lowest BCUT2D eigenvalue weighted by molar-refractivity contribution is 0.305. The molecule has 0 aromatic rings. The second kappa shape index (κ2) is 4.19. The maximum absolute atomic E-state index is 10.9. The van der Waals surface area contributed by atoms with Gasteiger partial charge >= 0.3 is 0 Å². The maximum atomic E-state index is 10.9. The van der Waals surface area contributed by atoms with Crippen LogP contribution in [0.2, 0.25) is 0 Å². The number of allylic oxidation sites excluding steroid dienone is 1. The molecular formula is C9H16O2S. The highest BCUT2D eigenvalue weighted by atomic mass is 32.2. The van der Waals surface area contributed by atoms with Gasteiger partial charge in [0.1, 0.15) is 0 Å². The molecule has 0 spiro atoms. The Hall–Kier alpha value is -0.150. The summed E-state index contributed by atoms with van der Waals surface area (Å²) in [4.78, 5) is 0. The summed E-state index contributed by atoms with van der Waals surface area (Å²) in [7, 11) is 0. The molecule has 0 radical (unpaired) electrons. The molecule has 0 heterocycles. The Bertz CT molecular complexity index is 191. The summed E-state index contributed by atoms with van der Waals surface area (Å²) >= 11 is -1.65. The summed E-state index contributed by atoms with van der Waals surface area (Å²) in [6.07, 6.45) is 4.98. The number of rotatable bonds is 2. The van der Waals surface area contributed by atoms with Crippen molar-refractivity contribution in [2.24, 2.45) is 11.8 Å². The van der Waals surface area contributed by atoms with Crippen molar-refractivity contribution in [2.45, 2.75) is 31.4 Å². The molecule has 70 valence electrons. The Morgan fingerprint density at radius 3 is 2.75 bits per heavy atom. The fourth-order valence-corrected chi connectivity index (χ4v) is 2.91. The van der Waals surface area contributed by atoms with Crippen molar-refractivity contribution in [1.82, 2.24) is 0 Å². The Kier molecular flexibility index (Phi) is 3.47. The minimum Gasteiger partial charge on any atom is -0.306 e. The van der Waals surface area contributed by atoms with Crippen molar-refractivity contribution in [2.75, 3.05) is 0 Å². The highest BCUT2D eigenvalue weighted by Crippen LogP contribution is 2.33. The van der Waals surface area contributed by atoms with Crippen molar-refractivity contribution in [1.29, 1.82) is 0 Å². The van der Waals surface area contributed by atoms with Crippen LogP contribution in [-0.4, -0.2) is 14.0 Å². The van der Waals surface area contributed by atoms with Gasteiger partial charge in [0.05, 0.1) is 5.25 Å². The molecule has 1 fully saturated rings. The van der Waals surface area contributed by atoms with Crippen LogP contribution in [0, 0.1) is 11.8 Å². The number of hydrogen-bond acceptors (Lipinski definition) is 1. The van der Waals surface area contributed by atoms with Crippen LogP contribution in [0.25, 0.3) is 0 Å². The zero-order valence-electron chi connectivity index (χ0n) is 7.40. The summed E-state index contributed by atoms with van der Waals surface area (Å²) in [5.41, 5.74) is 0. The van der Waals surface area contributed by atoms with E-state index in [4.69, 9.17) is 4.55 Å². The molecule has 0 aromatic carbocycles. The van der Waals surface area contributed by atoms with Crippen LogP contribution in [0.15, 0.2) is 12.7 Å². The molecule has 1 aliphatic carbocycles. The fraction of sp³-hybridized carbons (Fsp3) is 0.778. The van der Waals surface area contributed by atoms with Gasteiger partial charge in [-0.15, -0.1) is 6.58 Å². The Balaban J connectivity index is 2.65. The van der Waals surface area contributed by atoms with E-state index in [1.807, 2.05) is 13.0 Å². The molecule has 1 N–H and O–H groups in total. The molecule has 1 saturated carbocycles. The smallest absolute Gasteiger partial charge is 0.156 e. The van der Waals surface area contributed by atoms with Crippen molar-refractivity contribution in [3.05, 3.63) is 12.7 Å². The number of hydrogen-bond donors (Lipinski definition) is 1.